The van der Waals surface area contributed by atoms with Gasteiger partial charge in [-0.15, -0.1) is 0 Å². The molecule has 0 aliphatic rings. The summed E-state index contributed by atoms with van der Waals surface area (Å²) in [6.45, 7) is 0.807. The maximum atomic E-state index is 12.4. The number of hydrogen-bond acceptors (Lipinski definition) is 4. The van der Waals surface area contributed by atoms with Crippen LogP contribution in [0, 0.1) is 0 Å². The maximum absolute atomic E-state index is 12.4. The molecular formula is C12H14N6O2. The van der Waals surface area contributed by atoms with Crippen LogP contribution in [-0.2, 0) is 27.2 Å². The lowest BCUT2D eigenvalue weighted by molar-refractivity contribution is 0.531. The Morgan fingerprint density at radius 3 is 2.65 bits per heavy atom. The summed E-state index contributed by atoms with van der Waals surface area (Å²) in [5.74, 6) is 0. The molecule has 3 heterocycles. The summed E-state index contributed by atoms with van der Waals surface area (Å²) in [5.41, 5.74) is 0.156. The fraction of sp³-hybridized carbons (Fsp3) is 0.333. The molecule has 104 valence electrons. The minimum atomic E-state index is -0.360. The Balaban J connectivity index is 2.13. The van der Waals surface area contributed by atoms with Crippen molar-refractivity contribution < 1.29 is 0 Å². The quantitative estimate of drug-likeness (QED) is 0.634. The molecule has 0 saturated heterocycles. The number of fused-ring (bicyclic) bond motifs is 1. The highest BCUT2D eigenvalue weighted by molar-refractivity contribution is 5.69. The maximum Gasteiger partial charge on any atom is 0.332 e. The van der Waals surface area contributed by atoms with Crippen molar-refractivity contribution >= 4 is 11.2 Å². The Morgan fingerprint density at radius 1 is 1.15 bits per heavy atom. The number of rotatable bonds is 3. The van der Waals surface area contributed by atoms with Crippen LogP contribution in [0.3, 0.4) is 0 Å². The Morgan fingerprint density at radius 2 is 1.95 bits per heavy atom. The molecule has 3 aromatic rings. The van der Waals surface area contributed by atoms with Crippen LogP contribution in [-0.4, -0.2) is 28.2 Å². The normalized spacial score (nSPS) is 11.3. The molecule has 0 atom stereocenters. The van der Waals surface area contributed by atoms with Crippen LogP contribution in [0.15, 0.2) is 34.6 Å². The topological polar surface area (TPSA) is 79.6 Å². The molecule has 0 amide bonds. The monoisotopic (exact) mass is 274 g/mol. The van der Waals surface area contributed by atoms with E-state index in [9.17, 15) is 9.59 Å². The molecule has 0 fully saturated rings. The molecule has 3 rings (SSSR count). The average Bonchev–Trinajstić information content (AvgIpc) is 3.06. The first kappa shape index (κ1) is 12.4. The largest absolute Gasteiger partial charge is 0.336 e. The van der Waals surface area contributed by atoms with Gasteiger partial charge < -0.3 is 9.13 Å². The summed E-state index contributed by atoms with van der Waals surface area (Å²) in [4.78, 5) is 32.6. The fourth-order valence-corrected chi connectivity index (χ4v) is 2.23. The van der Waals surface area contributed by atoms with Crippen molar-refractivity contribution in [1.82, 2.24) is 28.2 Å². The highest BCUT2D eigenvalue weighted by Gasteiger charge is 2.14. The average molecular weight is 274 g/mol. The van der Waals surface area contributed by atoms with Crippen molar-refractivity contribution in [2.24, 2.45) is 14.1 Å². The number of hydrogen-bond donors (Lipinski definition) is 0. The molecule has 0 aliphatic carbocycles. The minimum absolute atomic E-state index is 0.295. The van der Waals surface area contributed by atoms with Gasteiger partial charge in [0.05, 0.1) is 12.7 Å². The van der Waals surface area contributed by atoms with E-state index in [0.29, 0.717) is 24.3 Å². The zero-order chi connectivity index (χ0) is 14.3. The third-order valence-corrected chi connectivity index (χ3v) is 3.34. The summed E-state index contributed by atoms with van der Waals surface area (Å²) in [6.07, 6.45) is 6.63. The summed E-state index contributed by atoms with van der Waals surface area (Å²) in [6, 6.07) is 0. The van der Waals surface area contributed by atoms with Crippen LogP contribution in [0.5, 0.6) is 0 Å². The van der Waals surface area contributed by atoms with Crippen molar-refractivity contribution in [1.29, 1.82) is 0 Å². The van der Waals surface area contributed by atoms with Gasteiger partial charge in [-0.3, -0.25) is 13.9 Å². The molecule has 8 nitrogen and oxygen atoms in total. The minimum Gasteiger partial charge on any atom is -0.336 e. The van der Waals surface area contributed by atoms with Crippen LogP contribution in [0.25, 0.3) is 11.2 Å². The van der Waals surface area contributed by atoms with Crippen molar-refractivity contribution in [2.45, 2.75) is 13.1 Å². The molecule has 0 radical (unpaired) electrons. The smallest absolute Gasteiger partial charge is 0.332 e. The molecular weight excluding hydrogens is 260 g/mol. The van der Waals surface area contributed by atoms with Gasteiger partial charge in [-0.2, -0.15) is 0 Å². The zero-order valence-corrected chi connectivity index (χ0v) is 11.2. The third-order valence-electron chi connectivity index (χ3n) is 3.34. The highest BCUT2D eigenvalue weighted by atomic mass is 16.2. The van der Waals surface area contributed by atoms with E-state index in [2.05, 4.69) is 9.97 Å². The molecule has 0 aliphatic heterocycles. The van der Waals surface area contributed by atoms with E-state index in [0.717, 1.165) is 0 Å². The van der Waals surface area contributed by atoms with Crippen molar-refractivity contribution in [3.05, 3.63) is 45.9 Å². The van der Waals surface area contributed by atoms with Crippen LogP contribution in [0.1, 0.15) is 0 Å². The molecule has 8 heteroatoms. The third kappa shape index (κ3) is 1.77. The second kappa shape index (κ2) is 4.48. The highest BCUT2D eigenvalue weighted by Crippen LogP contribution is 2.02. The van der Waals surface area contributed by atoms with Gasteiger partial charge in [-0.05, 0) is 0 Å². The van der Waals surface area contributed by atoms with E-state index in [1.54, 1.807) is 37.4 Å². The molecule has 0 aromatic carbocycles. The first-order valence-electron chi connectivity index (χ1n) is 6.16. The SMILES string of the molecule is Cn1cnc2c1c(=O)n(CCn1ccnc1)c(=O)n2C. The Bertz CT molecular complexity index is 868. The lowest BCUT2D eigenvalue weighted by Crippen LogP contribution is -2.40. The van der Waals surface area contributed by atoms with Crippen LogP contribution >= 0.6 is 0 Å². The predicted molar refractivity (Wildman–Crippen MR) is 72.4 cm³/mol. The summed E-state index contributed by atoms with van der Waals surface area (Å²) in [5, 5.41) is 0. The lowest BCUT2D eigenvalue weighted by atomic mass is 10.4. The standard InChI is InChI=1S/C12H14N6O2/c1-15-8-14-10-9(15)11(19)18(12(20)16(10)2)6-5-17-4-3-13-7-17/h3-4,7-8H,5-6H2,1-2H3. The fourth-order valence-electron chi connectivity index (χ4n) is 2.23. The van der Waals surface area contributed by atoms with E-state index >= 15 is 0 Å². The van der Waals surface area contributed by atoms with Gasteiger partial charge in [0.15, 0.2) is 11.2 Å². The zero-order valence-electron chi connectivity index (χ0n) is 11.2. The first-order valence-corrected chi connectivity index (χ1v) is 6.16. The van der Waals surface area contributed by atoms with Gasteiger partial charge in [-0.25, -0.2) is 14.8 Å². The Hall–Kier alpha value is -2.64. The van der Waals surface area contributed by atoms with Gasteiger partial charge in [0.1, 0.15) is 0 Å². The van der Waals surface area contributed by atoms with E-state index in [4.69, 9.17) is 0 Å². The van der Waals surface area contributed by atoms with Gasteiger partial charge in [-0.1, -0.05) is 0 Å². The van der Waals surface area contributed by atoms with E-state index < -0.39 is 0 Å². The van der Waals surface area contributed by atoms with Crippen LogP contribution in [0.4, 0.5) is 0 Å². The van der Waals surface area contributed by atoms with E-state index in [-0.39, 0.29) is 11.2 Å². The summed E-state index contributed by atoms with van der Waals surface area (Å²) in [7, 11) is 3.35. The molecule has 0 bridgehead atoms. The number of nitrogens with zero attached hydrogens (tertiary/aromatic N) is 6. The van der Waals surface area contributed by atoms with Gasteiger partial charge >= 0.3 is 5.69 Å². The van der Waals surface area contributed by atoms with Crippen molar-refractivity contribution in [2.75, 3.05) is 0 Å². The first-order chi connectivity index (χ1) is 9.59. The lowest BCUT2D eigenvalue weighted by Gasteiger charge is -2.08. The summed E-state index contributed by atoms with van der Waals surface area (Å²) >= 11 is 0. The number of aryl methyl sites for hydroxylation is 3. The molecule has 0 unspecified atom stereocenters. The van der Waals surface area contributed by atoms with Gasteiger partial charge in [0.25, 0.3) is 5.56 Å². The van der Waals surface area contributed by atoms with Crippen molar-refractivity contribution in [3.8, 4) is 0 Å². The van der Waals surface area contributed by atoms with Crippen LogP contribution < -0.4 is 11.2 Å². The molecule has 3 aromatic heterocycles. The molecule has 20 heavy (non-hydrogen) atoms. The molecule has 0 spiro atoms. The van der Waals surface area contributed by atoms with Gasteiger partial charge in [0, 0.05) is 39.6 Å². The van der Waals surface area contributed by atoms with Crippen molar-refractivity contribution in [3.63, 3.8) is 0 Å². The van der Waals surface area contributed by atoms with Crippen LogP contribution in [0.2, 0.25) is 0 Å². The second-order valence-corrected chi connectivity index (χ2v) is 4.63. The number of imidazole rings is 2. The molecule has 0 N–H and O–H groups in total. The Labute approximate surface area is 113 Å². The second-order valence-electron chi connectivity index (χ2n) is 4.63. The molecule has 0 saturated carbocycles. The van der Waals surface area contributed by atoms with E-state index in [1.165, 1.54) is 15.5 Å². The number of aromatic nitrogens is 6. The van der Waals surface area contributed by atoms with E-state index in [1.807, 2.05) is 4.57 Å². The summed E-state index contributed by atoms with van der Waals surface area (Å²) < 4.78 is 6.07. The predicted octanol–water partition coefficient (Wildman–Crippen LogP) is -0.670. The Kier molecular flexibility index (Phi) is 2.78. The van der Waals surface area contributed by atoms with Gasteiger partial charge in [0.2, 0.25) is 0 Å².